The molecule has 1 aromatic carbocycles. The van der Waals surface area contributed by atoms with Crippen molar-refractivity contribution < 1.29 is 0 Å². The van der Waals surface area contributed by atoms with E-state index in [-0.39, 0.29) is 0 Å². The van der Waals surface area contributed by atoms with E-state index in [4.69, 9.17) is 0 Å². The Balaban J connectivity index is 1.92. The van der Waals surface area contributed by atoms with E-state index in [9.17, 15) is 5.26 Å². The first kappa shape index (κ1) is 13.8. The highest BCUT2D eigenvalue weighted by Gasteiger charge is 2.16. The Morgan fingerprint density at radius 1 is 1.00 bits per heavy atom. The Kier molecular flexibility index (Phi) is 4.30. The summed E-state index contributed by atoms with van der Waals surface area (Å²) in [5.41, 5.74) is 2.09. The summed E-state index contributed by atoms with van der Waals surface area (Å²) in [7, 11) is 0. The molecule has 21 heavy (non-hydrogen) atoms. The molecule has 4 nitrogen and oxygen atoms in total. The van der Waals surface area contributed by atoms with Gasteiger partial charge in [-0.25, -0.2) is 0 Å². The summed E-state index contributed by atoms with van der Waals surface area (Å²) in [5, 5.41) is 22.1. The lowest BCUT2D eigenvalue weighted by atomic mass is 9.96. The molecule has 1 saturated carbocycles. The minimum absolute atomic E-state index is 0.399. The van der Waals surface area contributed by atoms with Crippen LogP contribution in [0.5, 0.6) is 0 Å². The molecule has 0 radical (unpaired) electrons. The van der Waals surface area contributed by atoms with Crippen LogP contribution in [-0.2, 0) is 0 Å². The number of rotatable bonds is 2. The summed E-state index contributed by atoms with van der Waals surface area (Å²) < 4.78 is 0. The van der Waals surface area contributed by atoms with Gasteiger partial charge in [0.05, 0.1) is 11.2 Å². The molecular weight excluding hydrogens is 260 g/mol. The van der Waals surface area contributed by atoms with Crippen molar-refractivity contribution in [1.82, 2.24) is 10.2 Å². The molecule has 4 heteroatoms. The van der Waals surface area contributed by atoms with E-state index < -0.39 is 0 Å². The summed E-state index contributed by atoms with van der Waals surface area (Å²) in [5.74, 6) is 0. The number of nitriles is 1. The van der Waals surface area contributed by atoms with Crippen molar-refractivity contribution in [2.75, 3.05) is 5.32 Å². The van der Waals surface area contributed by atoms with Gasteiger partial charge in [0.25, 0.3) is 0 Å². The van der Waals surface area contributed by atoms with Crippen LogP contribution in [0.25, 0.3) is 10.9 Å². The highest BCUT2D eigenvalue weighted by Crippen LogP contribution is 2.27. The Morgan fingerprint density at radius 2 is 1.71 bits per heavy atom. The molecule has 1 fully saturated rings. The van der Waals surface area contributed by atoms with Gasteiger partial charge >= 0.3 is 0 Å². The van der Waals surface area contributed by atoms with Crippen molar-refractivity contribution in [2.24, 2.45) is 0 Å². The smallest absolute Gasteiger partial charge is 0.186 e. The van der Waals surface area contributed by atoms with E-state index in [1.54, 1.807) is 0 Å². The highest BCUT2D eigenvalue weighted by atomic mass is 15.1. The molecule has 0 aliphatic heterocycles. The van der Waals surface area contributed by atoms with Crippen molar-refractivity contribution in [3.63, 3.8) is 0 Å². The molecule has 0 atom stereocenters. The van der Waals surface area contributed by atoms with Gasteiger partial charge < -0.3 is 5.32 Å². The molecule has 1 aliphatic carbocycles. The molecule has 1 heterocycles. The number of nitrogens with one attached hydrogen (secondary N) is 1. The first-order chi connectivity index (χ1) is 10.4. The van der Waals surface area contributed by atoms with Crippen LogP contribution in [0.15, 0.2) is 24.3 Å². The predicted octanol–water partition coefficient (Wildman–Crippen LogP) is 4.03. The maximum atomic E-state index is 9.32. The zero-order valence-electron chi connectivity index (χ0n) is 12.2. The summed E-state index contributed by atoms with van der Waals surface area (Å²) in [6, 6.07) is 10.5. The van der Waals surface area contributed by atoms with Crippen LogP contribution >= 0.6 is 0 Å². The second kappa shape index (κ2) is 6.53. The maximum Gasteiger partial charge on any atom is 0.186 e. The zero-order chi connectivity index (χ0) is 14.5. The van der Waals surface area contributed by atoms with Gasteiger partial charge in [-0.15, -0.1) is 10.2 Å². The van der Waals surface area contributed by atoms with Gasteiger partial charge in [0.1, 0.15) is 6.07 Å². The van der Waals surface area contributed by atoms with Crippen LogP contribution < -0.4 is 5.32 Å². The monoisotopic (exact) mass is 280 g/mol. The Hall–Kier alpha value is -2.15. The minimum Gasteiger partial charge on any atom is -0.379 e. The van der Waals surface area contributed by atoms with Crippen LogP contribution in [0, 0.1) is 11.3 Å². The maximum absolute atomic E-state index is 9.32. The van der Waals surface area contributed by atoms with Gasteiger partial charge in [-0.1, -0.05) is 50.3 Å². The van der Waals surface area contributed by atoms with E-state index in [0.717, 1.165) is 16.6 Å². The predicted molar refractivity (Wildman–Crippen MR) is 84.0 cm³/mol. The van der Waals surface area contributed by atoms with Crippen LogP contribution in [0.4, 0.5) is 5.69 Å². The third kappa shape index (κ3) is 3.13. The third-order valence-electron chi connectivity index (χ3n) is 4.23. The molecule has 1 aliphatic rings. The minimum atomic E-state index is 0.399. The fourth-order valence-corrected chi connectivity index (χ4v) is 3.08. The lowest BCUT2D eigenvalue weighted by molar-refractivity contribution is 0.471. The van der Waals surface area contributed by atoms with Gasteiger partial charge in [0.2, 0.25) is 0 Å². The van der Waals surface area contributed by atoms with Crippen LogP contribution in [-0.4, -0.2) is 16.2 Å². The number of anilines is 1. The van der Waals surface area contributed by atoms with E-state index >= 15 is 0 Å². The van der Waals surface area contributed by atoms with Gasteiger partial charge in [0.15, 0.2) is 5.69 Å². The molecule has 1 N–H and O–H groups in total. The molecule has 0 bridgehead atoms. The Labute approximate surface area is 125 Å². The zero-order valence-corrected chi connectivity index (χ0v) is 12.2. The molecule has 2 aromatic rings. The van der Waals surface area contributed by atoms with Crippen molar-refractivity contribution in [1.29, 1.82) is 5.26 Å². The lowest BCUT2D eigenvalue weighted by Crippen LogP contribution is -2.21. The quantitative estimate of drug-likeness (QED) is 0.902. The third-order valence-corrected chi connectivity index (χ3v) is 4.23. The number of nitrogens with zero attached hydrogens (tertiary/aromatic N) is 3. The fourth-order valence-electron chi connectivity index (χ4n) is 3.08. The second-order valence-corrected chi connectivity index (χ2v) is 5.74. The van der Waals surface area contributed by atoms with Crippen molar-refractivity contribution in [3.8, 4) is 6.07 Å². The average Bonchev–Trinajstić information content (AvgIpc) is 2.50. The van der Waals surface area contributed by atoms with Crippen molar-refractivity contribution in [3.05, 3.63) is 30.0 Å². The normalized spacial score (nSPS) is 16.9. The second-order valence-electron chi connectivity index (χ2n) is 5.74. The topological polar surface area (TPSA) is 61.6 Å². The van der Waals surface area contributed by atoms with E-state index in [0.29, 0.717) is 11.7 Å². The molecular formula is C17H20N4. The highest BCUT2D eigenvalue weighted by molar-refractivity contribution is 5.92. The molecule has 108 valence electrons. The van der Waals surface area contributed by atoms with E-state index in [2.05, 4.69) is 21.6 Å². The molecule has 0 saturated heterocycles. The van der Waals surface area contributed by atoms with E-state index in [1.807, 2.05) is 24.3 Å². The summed E-state index contributed by atoms with van der Waals surface area (Å²) in [6.45, 7) is 0. The van der Waals surface area contributed by atoms with Crippen LogP contribution in [0.3, 0.4) is 0 Å². The summed E-state index contributed by atoms with van der Waals surface area (Å²) in [4.78, 5) is 0. The first-order valence-electron chi connectivity index (χ1n) is 7.80. The largest absolute Gasteiger partial charge is 0.379 e. The first-order valence-corrected chi connectivity index (χ1v) is 7.80. The molecule has 3 rings (SSSR count). The number of hydrogen-bond acceptors (Lipinski definition) is 4. The fraction of sp³-hybridized carbons (Fsp3) is 0.471. The summed E-state index contributed by atoms with van der Waals surface area (Å²) >= 11 is 0. The van der Waals surface area contributed by atoms with Crippen molar-refractivity contribution in [2.45, 2.75) is 51.0 Å². The van der Waals surface area contributed by atoms with E-state index in [1.165, 1.54) is 44.9 Å². The molecule has 0 spiro atoms. The van der Waals surface area contributed by atoms with Gasteiger partial charge in [-0.05, 0) is 18.9 Å². The van der Waals surface area contributed by atoms with Crippen LogP contribution in [0.2, 0.25) is 0 Å². The van der Waals surface area contributed by atoms with Gasteiger partial charge in [-0.2, -0.15) is 5.26 Å². The number of hydrogen-bond donors (Lipinski definition) is 1. The van der Waals surface area contributed by atoms with Gasteiger partial charge in [-0.3, -0.25) is 0 Å². The Bertz CT molecular complexity index is 651. The van der Waals surface area contributed by atoms with Gasteiger partial charge in [0, 0.05) is 11.4 Å². The lowest BCUT2D eigenvalue weighted by Gasteiger charge is -2.23. The Morgan fingerprint density at radius 3 is 2.48 bits per heavy atom. The molecule has 0 amide bonds. The standard InChI is InChI=1S/C17H20N4/c18-12-16-17(14-10-6-7-11-15(14)20-21-16)19-13-8-4-2-1-3-5-9-13/h6-7,10-11,13H,1-5,8-9H2,(H,19,20). The molecule has 1 aromatic heterocycles. The van der Waals surface area contributed by atoms with Crippen LogP contribution in [0.1, 0.15) is 50.6 Å². The SMILES string of the molecule is N#Cc1nnc2ccccc2c1NC1CCCCCCC1. The number of benzene rings is 1. The number of aromatic nitrogens is 2. The van der Waals surface area contributed by atoms with Crippen molar-refractivity contribution >= 4 is 16.6 Å². The number of fused-ring (bicyclic) bond motifs is 1. The summed E-state index contributed by atoms with van der Waals surface area (Å²) in [6.07, 6.45) is 8.85. The average molecular weight is 280 g/mol. The molecule has 0 unspecified atom stereocenters.